The van der Waals surface area contributed by atoms with Gasteiger partial charge in [-0.25, -0.2) is 0 Å². The summed E-state index contributed by atoms with van der Waals surface area (Å²) in [6, 6.07) is 0. The Bertz CT molecular complexity index is 240. The van der Waals surface area contributed by atoms with Crippen LogP contribution >= 0.6 is 0 Å². The fraction of sp³-hybridized carbons (Fsp3) is 0.556. The summed E-state index contributed by atoms with van der Waals surface area (Å²) in [4.78, 5) is 20.6. The molecule has 1 aliphatic carbocycles. The van der Waals surface area contributed by atoms with Crippen LogP contribution in [-0.2, 0) is 9.59 Å². The first-order chi connectivity index (χ1) is 5.51. The van der Waals surface area contributed by atoms with E-state index in [-0.39, 0.29) is 17.3 Å². The van der Waals surface area contributed by atoms with Crippen LogP contribution in [-0.4, -0.2) is 17.4 Å². The number of aliphatic carboxylic acids is 1. The van der Waals surface area contributed by atoms with Gasteiger partial charge in [0.15, 0.2) is 0 Å². The number of hydrogen-bond donors (Lipinski definition) is 1. The van der Waals surface area contributed by atoms with E-state index in [1.54, 1.807) is 6.08 Å². The summed E-state index contributed by atoms with van der Waals surface area (Å²) in [5.74, 6) is -1.09. The van der Waals surface area contributed by atoms with Crippen LogP contribution in [0.4, 0.5) is 0 Å². The zero-order chi connectivity index (χ0) is 9.35. The third-order valence-corrected chi connectivity index (χ3v) is 2.57. The number of carbonyl (C=O) groups is 2. The summed E-state index contributed by atoms with van der Waals surface area (Å²) in [6.07, 6.45) is 3.72. The van der Waals surface area contributed by atoms with Gasteiger partial charge in [0.2, 0.25) is 0 Å². The Hall–Kier alpha value is -1.12. The summed E-state index contributed by atoms with van der Waals surface area (Å²) >= 11 is 0. The van der Waals surface area contributed by atoms with E-state index in [0.717, 1.165) is 0 Å². The molecule has 2 unspecified atom stereocenters. The quantitative estimate of drug-likeness (QED) is 0.507. The molecule has 0 bridgehead atoms. The summed E-state index contributed by atoms with van der Waals surface area (Å²) in [5.41, 5.74) is -0.189. The minimum Gasteiger partial charge on any atom is -0.481 e. The van der Waals surface area contributed by atoms with Crippen molar-refractivity contribution in [3.05, 3.63) is 12.2 Å². The first-order valence-electron chi connectivity index (χ1n) is 3.86. The minimum absolute atomic E-state index is 0.0141. The van der Waals surface area contributed by atoms with Gasteiger partial charge in [-0.05, 0) is 17.4 Å². The average molecular weight is 168 g/mol. The Morgan fingerprint density at radius 1 is 1.50 bits per heavy atom. The van der Waals surface area contributed by atoms with Gasteiger partial charge >= 0.3 is 5.97 Å². The van der Waals surface area contributed by atoms with Gasteiger partial charge < -0.3 is 5.11 Å². The second-order valence-electron chi connectivity index (χ2n) is 3.68. The van der Waals surface area contributed by atoms with Crippen LogP contribution in [0.3, 0.4) is 0 Å². The van der Waals surface area contributed by atoms with Crippen LogP contribution in [0.2, 0.25) is 0 Å². The third kappa shape index (κ3) is 1.26. The van der Waals surface area contributed by atoms with Crippen LogP contribution in [0, 0.1) is 17.3 Å². The maximum atomic E-state index is 10.6. The number of allylic oxidation sites excluding steroid dienone is 2. The van der Waals surface area contributed by atoms with Gasteiger partial charge in [-0.2, -0.15) is 0 Å². The molecule has 0 aliphatic heterocycles. The molecule has 3 heteroatoms. The molecule has 66 valence electrons. The van der Waals surface area contributed by atoms with Crippen molar-refractivity contribution in [1.29, 1.82) is 0 Å². The Morgan fingerprint density at radius 2 is 2.08 bits per heavy atom. The predicted molar refractivity (Wildman–Crippen MR) is 43.6 cm³/mol. The lowest BCUT2D eigenvalue weighted by atomic mass is 10.1. The van der Waals surface area contributed by atoms with Crippen LogP contribution in [0.15, 0.2) is 12.2 Å². The Balaban J connectivity index is 2.66. The number of hydrogen-bond acceptors (Lipinski definition) is 2. The Morgan fingerprint density at radius 3 is 2.42 bits per heavy atom. The molecule has 1 saturated carbocycles. The summed E-state index contributed by atoms with van der Waals surface area (Å²) in [5, 5.41) is 8.74. The first kappa shape index (κ1) is 8.97. The molecule has 12 heavy (non-hydrogen) atoms. The number of carboxylic acid groups (broad SMARTS) is 1. The second-order valence-corrected chi connectivity index (χ2v) is 3.68. The van der Waals surface area contributed by atoms with E-state index in [1.807, 2.05) is 13.8 Å². The highest BCUT2D eigenvalue weighted by molar-refractivity contribution is 5.76. The molecule has 0 aromatic heterocycles. The van der Waals surface area contributed by atoms with E-state index in [4.69, 9.17) is 5.11 Å². The Labute approximate surface area is 71.1 Å². The molecule has 3 nitrogen and oxygen atoms in total. The number of carbonyl (C=O) groups excluding carboxylic acids is 1. The van der Waals surface area contributed by atoms with Crippen molar-refractivity contribution in [3.8, 4) is 0 Å². The van der Waals surface area contributed by atoms with E-state index in [2.05, 4.69) is 0 Å². The topological polar surface area (TPSA) is 54.4 Å². The number of rotatable bonds is 3. The first-order valence-corrected chi connectivity index (χ1v) is 3.86. The summed E-state index contributed by atoms with van der Waals surface area (Å²) in [6.45, 7) is 3.79. The van der Waals surface area contributed by atoms with E-state index >= 15 is 0 Å². The molecule has 1 aliphatic rings. The minimum atomic E-state index is -0.777. The zero-order valence-electron chi connectivity index (χ0n) is 7.15. The molecular formula is C9H12O3. The van der Waals surface area contributed by atoms with Crippen LogP contribution in [0.1, 0.15) is 13.8 Å². The highest BCUT2D eigenvalue weighted by atomic mass is 16.4. The van der Waals surface area contributed by atoms with Crippen molar-refractivity contribution in [1.82, 2.24) is 0 Å². The smallest absolute Gasteiger partial charge is 0.307 e. The van der Waals surface area contributed by atoms with Gasteiger partial charge in [0, 0.05) is 0 Å². The maximum absolute atomic E-state index is 10.6. The Kier molecular flexibility index (Phi) is 2.04. The van der Waals surface area contributed by atoms with Crippen molar-refractivity contribution >= 4 is 12.3 Å². The van der Waals surface area contributed by atoms with E-state index in [1.165, 1.54) is 6.08 Å². The van der Waals surface area contributed by atoms with Gasteiger partial charge in [-0.15, -0.1) is 0 Å². The molecule has 0 radical (unpaired) electrons. The molecule has 1 rings (SSSR count). The number of carboxylic acids is 1. The van der Waals surface area contributed by atoms with Gasteiger partial charge in [0.25, 0.3) is 0 Å². The molecule has 0 heterocycles. The van der Waals surface area contributed by atoms with Crippen molar-refractivity contribution in [2.24, 2.45) is 17.3 Å². The van der Waals surface area contributed by atoms with Crippen LogP contribution in [0.5, 0.6) is 0 Å². The molecular weight excluding hydrogens is 156 g/mol. The van der Waals surface area contributed by atoms with Crippen LogP contribution < -0.4 is 0 Å². The second kappa shape index (κ2) is 2.73. The molecule has 0 aromatic rings. The lowest BCUT2D eigenvalue weighted by Gasteiger charge is -1.95. The number of aldehydes is 1. The third-order valence-electron chi connectivity index (χ3n) is 2.57. The molecule has 0 spiro atoms. The highest BCUT2D eigenvalue weighted by Crippen LogP contribution is 2.58. The van der Waals surface area contributed by atoms with Crippen molar-refractivity contribution < 1.29 is 14.7 Å². The SMILES string of the molecule is CC1(C)C(C=CC=O)C1C(=O)O. The molecule has 1 N–H and O–H groups in total. The molecule has 0 saturated heterocycles. The van der Waals surface area contributed by atoms with Crippen molar-refractivity contribution in [3.63, 3.8) is 0 Å². The van der Waals surface area contributed by atoms with E-state index in [0.29, 0.717) is 6.29 Å². The van der Waals surface area contributed by atoms with Crippen molar-refractivity contribution in [2.45, 2.75) is 13.8 Å². The van der Waals surface area contributed by atoms with E-state index in [9.17, 15) is 9.59 Å². The largest absolute Gasteiger partial charge is 0.481 e. The lowest BCUT2D eigenvalue weighted by Crippen LogP contribution is -2.02. The molecule has 0 amide bonds. The molecule has 2 atom stereocenters. The van der Waals surface area contributed by atoms with Crippen molar-refractivity contribution in [2.75, 3.05) is 0 Å². The molecule has 1 fully saturated rings. The fourth-order valence-electron chi connectivity index (χ4n) is 1.67. The average Bonchev–Trinajstić information content (AvgIpc) is 2.49. The normalized spacial score (nSPS) is 31.8. The fourth-order valence-corrected chi connectivity index (χ4v) is 1.67. The van der Waals surface area contributed by atoms with E-state index < -0.39 is 5.97 Å². The van der Waals surface area contributed by atoms with Gasteiger partial charge in [0.05, 0.1) is 5.92 Å². The maximum Gasteiger partial charge on any atom is 0.307 e. The standard InChI is InChI=1S/C9H12O3/c1-9(2)6(4-3-5-10)7(9)8(11)12/h3-7H,1-2H3,(H,11,12). The predicted octanol–water partition coefficient (Wildman–Crippen LogP) is 1.10. The summed E-state index contributed by atoms with van der Waals surface area (Å²) < 4.78 is 0. The highest BCUT2D eigenvalue weighted by Gasteiger charge is 2.60. The monoisotopic (exact) mass is 168 g/mol. The molecule has 0 aromatic carbocycles. The lowest BCUT2D eigenvalue weighted by molar-refractivity contribution is -0.139. The zero-order valence-corrected chi connectivity index (χ0v) is 7.15. The summed E-state index contributed by atoms with van der Waals surface area (Å²) in [7, 11) is 0. The van der Waals surface area contributed by atoms with Crippen LogP contribution in [0.25, 0.3) is 0 Å². The van der Waals surface area contributed by atoms with Gasteiger partial charge in [0.1, 0.15) is 6.29 Å². The van der Waals surface area contributed by atoms with Gasteiger partial charge in [-0.1, -0.05) is 19.9 Å². The van der Waals surface area contributed by atoms with Gasteiger partial charge in [-0.3, -0.25) is 9.59 Å².